The van der Waals surface area contributed by atoms with Crippen LogP contribution in [0.3, 0.4) is 0 Å². The number of carbonyl (C=O) groups is 1. The van der Waals surface area contributed by atoms with E-state index in [1.54, 1.807) is 0 Å². The minimum atomic E-state index is -0.992. The highest BCUT2D eigenvalue weighted by molar-refractivity contribution is 5.93. The summed E-state index contributed by atoms with van der Waals surface area (Å²) in [4.78, 5) is 12.0. The lowest BCUT2D eigenvalue weighted by molar-refractivity contribution is -0.114. The summed E-state index contributed by atoms with van der Waals surface area (Å²) in [5, 5.41) is 5.62. The summed E-state index contributed by atoms with van der Waals surface area (Å²) in [6, 6.07) is 11.0. The smallest absolute Gasteiger partial charge is 0.243 e. The van der Waals surface area contributed by atoms with Crippen molar-refractivity contribution in [1.82, 2.24) is 0 Å². The van der Waals surface area contributed by atoms with E-state index in [0.29, 0.717) is 0 Å². The fourth-order valence-corrected chi connectivity index (χ4v) is 2.25. The fourth-order valence-electron chi connectivity index (χ4n) is 2.25. The van der Waals surface area contributed by atoms with Gasteiger partial charge in [-0.05, 0) is 29.2 Å². The molecule has 2 aromatic carbocycles. The molecule has 0 aliphatic heterocycles. The van der Waals surface area contributed by atoms with Gasteiger partial charge in [-0.25, -0.2) is 8.78 Å². The number of hydrogen-bond donors (Lipinski definition) is 2. The van der Waals surface area contributed by atoms with Gasteiger partial charge in [0.25, 0.3) is 0 Å². The molecule has 0 atom stereocenters. The lowest BCUT2D eigenvalue weighted by Crippen LogP contribution is -2.23. The van der Waals surface area contributed by atoms with Gasteiger partial charge in [0.2, 0.25) is 5.91 Å². The second kappa shape index (κ2) is 6.77. The molecule has 0 saturated heterocycles. The molecule has 0 aromatic heterocycles. The van der Waals surface area contributed by atoms with Gasteiger partial charge >= 0.3 is 0 Å². The van der Waals surface area contributed by atoms with E-state index in [-0.39, 0.29) is 23.6 Å². The van der Waals surface area contributed by atoms with Crippen molar-refractivity contribution in [3.05, 3.63) is 59.7 Å². The van der Waals surface area contributed by atoms with Crippen LogP contribution in [0.5, 0.6) is 0 Å². The number of hydrogen-bond acceptors (Lipinski definition) is 2. The Morgan fingerprint density at radius 2 is 1.74 bits per heavy atom. The van der Waals surface area contributed by atoms with E-state index in [9.17, 15) is 13.6 Å². The van der Waals surface area contributed by atoms with Gasteiger partial charge in [0, 0.05) is 17.4 Å². The maximum Gasteiger partial charge on any atom is 0.243 e. The highest BCUT2D eigenvalue weighted by Gasteiger charge is 2.17. The molecule has 0 saturated carbocycles. The quantitative estimate of drug-likeness (QED) is 0.882. The Morgan fingerprint density at radius 1 is 1.04 bits per heavy atom. The van der Waals surface area contributed by atoms with E-state index < -0.39 is 11.6 Å². The van der Waals surface area contributed by atoms with E-state index in [1.807, 2.05) is 24.3 Å². The van der Waals surface area contributed by atoms with E-state index in [0.717, 1.165) is 23.4 Å². The first-order valence-corrected chi connectivity index (χ1v) is 7.35. The largest absolute Gasteiger partial charge is 0.376 e. The molecule has 2 N–H and O–H groups in total. The zero-order valence-corrected chi connectivity index (χ0v) is 13.4. The average Bonchev–Trinajstić information content (AvgIpc) is 2.48. The van der Waals surface area contributed by atoms with Crippen molar-refractivity contribution in [3.63, 3.8) is 0 Å². The van der Waals surface area contributed by atoms with Gasteiger partial charge in [0.05, 0.1) is 6.54 Å². The first-order valence-electron chi connectivity index (χ1n) is 7.35. The molecular formula is C18H20F2N2O. The summed E-state index contributed by atoms with van der Waals surface area (Å²) in [5.74, 6) is -2.27. The third-order valence-electron chi connectivity index (χ3n) is 3.38. The molecule has 0 fully saturated rings. The average molecular weight is 318 g/mol. The van der Waals surface area contributed by atoms with Crippen LogP contribution < -0.4 is 10.6 Å². The van der Waals surface area contributed by atoms with Crippen LogP contribution in [-0.4, -0.2) is 12.5 Å². The van der Waals surface area contributed by atoms with Crippen LogP contribution in [0, 0.1) is 11.6 Å². The van der Waals surface area contributed by atoms with Gasteiger partial charge in [0.1, 0.15) is 0 Å². The standard InChI is InChI=1S/C18H20F2N2O/c1-18(2,3)13-6-4-5-7-16(13)21-11-17(23)22-12-8-9-14(19)15(20)10-12/h4-10,21H,11H2,1-3H3,(H,22,23). The summed E-state index contributed by atoms with van der Waals surface area (Å²) in [7, 11) is 0. The Kier molecular flexibility index (Phi) is 4.98. The Morgan fingerprint density at radius 3 is 2.39 bits per heavy atom. The van der Waals surface area contributed by atoms with Crippen LogP contribution in [0.2, 0.25) is 0 Å². The number of nitrogens with one attached hydrogen (secondary N) is 2. The molecule has 0 radical (unpaired) electrons. The van der Waals surface area contributed by atoms with Gasteiger partial charge in [-0.2, -0.15) is 0 Å². The normalized spacial score (nSPS) is 11.2. The zero-order chi connectivity index (χ0) is 17.0. The summed E-state index contributed by atoms with van der Waals surface area (Å²) >= 11 is 0. The molecule has 2 rings (SSSR count). The summed E-state index contributed by atoms with van der Waals surface area (Å²) < 4.78 is 26.0. The predicted molar refractivity (Wildman–Crippen MR) is 88.6 cm³/mol. The van der Waals surface area contributed by atoms with Crippen LogP contribution in [0.1, 0.15) is 26.3 Å². The lowest BCUT2D eigenvalue weighted by atomic mass is 9.86. The number of amides is 1. The van der Waals surface area contributed by atoms with E-state index in [1.165, 1.54) is 6.07 Å². The van der Waals surface area contributed by atoms with Crippen molar-refractivity contribution in [2.45, 2.75) is 26.2 Å². The van der Waals surface area contributed by atoms with Gasteiger partial charge < -0.3 is 10.6 Å². The van der Waals surface area contributed by atoms with Crippen molar-refractivity contribution in [1.29, 1.82) is 0 Å². The maximum absolute atomic E-state index is 13.1. The van der Waals surface area contributed by atoms with Crippen LogP contribution in [0.25, 0.3) is 0 Å². The van der Waals surface area contributed by atoms with E-state index in [4.69, 9.17) is 0 Å². The molecule has 1 amide bonds. The van der Waals surface area contributed by atoms with Gasteiger partial charge in [-0.15, -0.1) is 0 Å². The first kappa shape index (κ1) is 16.9. The fraction of sp³-hybridized carbons (Fsp3) is 0.278. The predicted octanol–water partition coefficient (Wildman–Crippen LogP) is 4.31. The van der Waals surface area contributed by atoms with E-state index >= 15 is 0 Å². The van der Waals surface area contributed by atoms with Gasteiger partial charge in [-0.3, -0.25) is 4.79 Å². The molecule has 0 bridgehead atoms. The highest BCUT2D eigenvalue weighted by Crippen LogP contribution is 2.29. The Hall–Kier alpha value is -2.43. The summed E-state index contributed by atoms with van der Waals surface area (Å²) in [6.45, 7) is 6.31. The second-order valence-corrected chi connectivity index (χ2v) is 6.33. The van der Waals surface area contributed by atoms with Crippen LogP contribution >= 0.6 is 0 Å². The minimum absolute atomic E-state index is 0.0338. The van der Waals surface area contributed by atoms with E-state index in [2.05, 4.69) is 31.4 Å². The van der Waals surface area contributed by atoms with Crippen LogP contribution in [0.4, 0.5) is 20.2 Å². The molecule has 122 valence electrons. The summed E-state index contributed by atoms with van der Waals surface area (Å²) in [5.41, 5.74) is 2.14. The lowest BCUT2D eigenvalue weighted by Gasteiger charge is -2.23. The zero-order valence-electron chi connectivity index (χ0n) is 13.4. The maximum atomic E-state index is 13.1. The molecule has 5 heteroatoms. The van der Waals surface area contributed by atoms with Gasteiger partial charge in [-0.1, -0.05) is 39.0 Å². The number of anilines is 2. The number of para-hydroxylation sites is 1. The number of carbonyl (C=O) groups excluding carboxylic acids is 1. The SMILES string of the molecule is CC(C)(C)c1ccccc1NCC(=O)Nc1ccc(F)c(F)c1. The second-order valence-electron chi connectivity index (χ2n) is 6.33. The van der Waals surface area contributed by atoms with Gasteiger partial charge in [0.15, 0.2) is 11.6 Å². The van der Waals surface area contributed by atoms with Crippen molar-refractivity contribution < 1.29 is 13.6 Å². The third-order valence-corrected chi connectivity index (χ3v) is 3.38. The molecule has 0 heterocycles. The van der Waals surface area contributed by atoms with Crippen molar-refractivity contribution in [2.75, 3.05) is 17.2 Å². The minimum Gasteiger partial charge on any atom is -0.376 e. The van der Waals surface area contributed by atoms with Crippen LogP contribution in [-0.2, 0) is 10.2 Å². The molecule has 0 spiro atoms. The molecular weight excluding hydrogens is 298 g/mol. The van der Waals surface area contributed by atoms with Crippen molar-refractivity contribution in [3.8, 4) is 0 Å². The topological polar surface area (TPSA) is 41.1 Å². The molecule has 3 nitrogen and oxygen atoms in total. The Balaban J connectivity index is 2.01. The van der Waals surface area contributed by atoms with Crippen molar-refractivity contribution >= 4 is 17.3 Å². The molecule has 2 aromatic rings. The summed E-state index contributed by atoms with van der Waals surface area (Å²) in [6.07, 6.45) is 0. The third kappa shape index (κ3) is 4.52. The number of halogens is 2. The number of rotatable bonds is 4. The molecule has 0 unspecified atom stereocenters. The molecule has 0 aliphatic carbocycles. The van der Waals surface area contributed by atoms with Crippen molar-refractivity contribution in [2.24, 2.45) is 0 Å². The first-order chi connectivity index (χ1) is 10.8. The highest BCUT2D eigenvalue weighted by atomic mass is 19.2. The monoisotopic (exact) mass is 318 g/mol. The molecule has 0 aliphatic rings. The van der Waals surface area contributed by atoms with Crippen LogP contribution in [0.15, 0.2) is 42.5 Å². The Bertz CT molecular complexity index is 708. The number of benzene rings is 2. The Labute approximate surface area is 134 Å². The molecule has 23 heavy (non-hydrogen) atoms.